The molecule has 1 aromatic heterocycles. The smallest absolute Gasteiger partial charge is 0.337 e. The van der Waals surface area contributed by atoms with Crippen LogP contribution in [-0.2, 0) is 19.1 Å². The number of amides is 1. The van der Waals surface area contributed by atoms with Gasteiger partial charge in [-0.3, -0.25) is 4.79 Å². The summed E-state index contributed by atoms with van der Waals surface area (Å²) in [5.74, 6) is -1.52. The molecule has 2 aromatic rings. The minimum absolute atomic E-state index is 0.376. The first kappa shape index (κ1) is 18.4. The Balaban J connectivity index is 1.80. The lowest BCUT2D eigenvalue weighted by Crippen LogP contribution is -2.20. The quantitative estimate of drug-likeness (QED) is 0.633. The van der Waals surface area contributed by atoms with Crippen LogP contribution in [0.5, 0.6) is 0 Å². The number of anilines is 1. The molecule has 7 heteroatoms. The molecule has 0 aliphatic heterocycles. The number of esters is 2. The molecule has 0 aliphatic rings. The van der Waals surface area contributed by atoms with E-state index in [1.54, 1.807) is 18.2 Å². The topological polar surface area (TPSA) is 81.7 Å². The summed E-state index contributed by atoms with van der Waals surface area (Å²) in [7, 11) is 1.29. The third-order valence-electron chi connectivity index (χ3n) is 3.21. The molecular weight excluding hydrogens is 342 g/mol. The number of hydrogen-bond donors (Lipinski definition) is 1. The van der Waals surface area contributed by atoms with E-state index in [-0.39, 0.29) is 0 Å². The van der Waals surface area contributed by atoms with Crippen LogP contribution in [-0.4, -0.2) is 31.6 Å². The summed E-state index contributed by atoms with van der Waals surface area (Å²) in [4.78, 5) is 35.7. The maximum absolute atomic E-state index is 11.8. The molecule has 6 nitrogen and oxygen atoms in total. The monoisotopic (exact) mass is 359 g/mol. The van der Waals surface area contributed by atoms with E-state index in [2.05, 4.69) is 10.1 Å². The lowest BCUT2D eigenvalue weighted by molar-refractivity contribution is -0.142. The van der Waals surface area contributed by atoms with Crippen molar-refractivity contribution in [1.29, 1.82) is 0 Å². The van der Waals surface area contributed by atoms with Gasteiger partial charge in [0.25, 0.3) is 5.91 Å². The van der Waals surface area contributed by atoms with Crippen LogP contribution >= 0.6 is 11.3 Å². The number of rotatable bonds is 6. The standard InChI is InChI=1S/C18H17NO5S/c1-12-9-10-25-15(12)7-8-17(21)24-11-16(20)19-14-5-3-13(4-6-14)18(22)23-2/h3-10H,11H2,1-2H3,(H,19,20)/b8-7+. The Morgan fingerprint density at radius 3 is 2.48 bits per heavy atom. The van der Waals surface area contributed by atoms with Crippen LogP contribution in [0.15, 0.2) is 41.8 Å². The van der Waals surface area contributed by atoms with Crippen molar-refractivity contribution in [3.63, 3.8) is 0 Å². The summed E-state index contributed by atoms with van der Waals surface area (Å²) in [5, 5.41) is 4.50. The Morgan fingerprint density at radius 1 is 1.16 bits per heavy atom. The summed E-state index contributed by atoms with van der Waals surface area (Å²) in [6.45, 7) is 1.55. The normalized spacial score (nSPS) is 10.5. The van der Waals surface area contributed by atoms with Gasteiger partial charge >= 0.3 is 11.9 Å². The van der Waals surface area contributed by atoms with Gasteiger partial charge in [0.05, 0.1) is 12.7 Å². The molecule has 0 spiro atoms. The molecule has 1 heterocycles. The van der Waals surface area contributed by atoms with Crippen LogP contribution < -0.4 is 5.32 Å². The molecule has 0 fully saturated rings. The number of ether oxygens (including phenoxy) is 2. The van der Waals surface area contributed by atoms with Crippen molar-refractivity contribution in [3.05, 3.63) is 57.8 Å². The fourth-order valence-electron chi connectivity index (χ4n) is 1.89. The lowest BCUT2D eigenvalue weighted by atomic mass is 10.2. The van der Waals surface area contributed by atoms with Gasteiger partial charge in [0, 0.05) is 16.6 Å². The van der Waals surface area contributed by atoms with Gasteiger partial charge in [0.1, 0.15) is 0 Å². The zero-order chi connectivity index (χ0) is 18.2. The molecule has 0 atom stereocenters. The molecule has 0 radical (unpaired) electrons. The number of methoxy groups -OCH3 is 1. The van der Waals surface area contributed by atoms with Crippen molar-refractivity contribution in [2.45, 2.75) is 6.92 Å². The van der Waals surface area contributed by atoms with Crippen LogP contribution in [0.2, 0.25) is 0 Å². The maximum atomic E-state index is 11.8. The average Bonchev–Trinajstić information content (AvgIpc) is 3.03. The SMILES string of the molecule is COC(=O)c1ccc(NC(=O)COC(=O)/C=C/c2sccc2C)cc1. The van der Waals surface area contributed by atoms with Crippen molar-refractivity contribution in [1.82, 2.24) is 0 Å². The van der Waals surface area contributed by atoms with Crippen LogP contribution in [0.1, 0.15) is 20.8 Å². The van der Waals surface area contributed by atoms with Gasteiger partial charge < -0.3 is 14.8 Å². The number of nitrogens with one attached hydrogen (secondary N) is 1. The Labute approximate surface area is 149 Å². The van der Waals surface area contributed by atoms with Gasteiger partial charge in [0.15, 0.2) is 6.61 Å². The first-order valence-electron chi connectivity index (χ1n) is 7.36. The largest absolute Gasteiger partial charge is 0.465 e. The van der Waals surface area contributed by atoms with Gasteiger partial charge in [0.2, 0.25) is 0 Å². The average molecular weight is 359 g/mol. The minimum Gasteiger partial charge on any atom is -0.465 e. The predicted molar refractivity (Wildman–Crippen MR) is 95.5 cm³/mol. The second kappa shape index (κ2) is 8.79. The molecular formula is C18H17NO5S. The fourth-order valence-corrected chi connectivity index (χ4v) is 2.71. The summed E-state index contributed by atoms with van der Waals surface area (Å²) in [6, 6.07) is 8.13. The highest BCUT2D eigenvalue weighted by atomic mass is 32.1. The van der Waals surface area contributed by atoms with Crippen LogP contribution in [0, 0.1) is 6.92 Å². The number of benzene rings is 1. The Kier molecular flexibility index (Phi) is 6.47. The molecule has 2 rings (SSSR count). The van der Waals surface area contributed by atoms with E-state index in [0.717, 1.165) is 10.4 Å². The second-order valence-electron chi connectivity index (χ2n) is 5.03. The number of thiophene rings is 1. The molecule has 0 bridgehead atoms. The minimum atomic E-state index is -0.594. The molecule has 130 valence electrons. The summed E-state index contributed by atoms with van der Waals surface area (Å²) in [5.41, 5.74) is 1.93. The van der Waals surface area contributed by atoms with Crippen molar-refractivity contribution >= 4 is 40.9 Å². The summed E-state index contributed by atoms with van der Waals surface area (Å²) < 4.78 is 9.48. The zero-order valence-electron chi connectivity index (χ0n) is 13.8. The highest BCUT2D eigenvalue weighted by Crippen LogP contribution is 2.17. The fraction of sp³-hybridized carbons (Fsp3) is 0.167. The summed E-state index contributed by atoms with van der Waals surface area (Å²) in [6.07, 6.45) is 2.95. The molecule has 0 unspecified atom stereocenters. The zero-order valence-corrected chi connectivity index (χ0v) is 14.6. The van der Waals surface area contributed by atoms with Crippen molar-refractivity contribution in [3.8, 4) is 0 Å². The molecule has 1 aromatic carbocycles. The molecule has 25 heavy (non-hydrogen) atoms. The van der Waals surface area contributed by atoms with Crippen LogP contribution in [0.4, 0.5) is 5.69 Å². The van der Waals surface area contributed by atoms with E-state index in [1.165, 1.54) is 36.7 Å². The Morgan fingerprint density at radius 2 is 1.88 bits per heavy atom. The number of hydrogen-bond acceptors (Lipinski definition) is 6. The van der Waals surface area contributed by atoms with E-state index in [9.17, 15) is 14.4 Å². The van der Waals surface area contributed by atoms with E-state index < -0.39 is 24.5 Å². The van der Waals surface area contributed by atoms with Crippen molar-refractivity contribution in [2.24, 2.45) is 0 Å². The number of carbonyl (C=O) groups excluding carboxylic acids is 3. The van der Waals surface area contributed by atoms with Gasteiger partial charge in [-0.05, 0) is 54.3 Å². The number of carbonyl (C=O) groups is 3. The van der Waals surface area contributed by atoms with E-state index in [1.807, 2.05) is 18.4 Å². The highest BCUT2D eigenvalue weighted by Gasteiger charge is 2.08. The summed E-state index contributed by atoms with van der Waals surface area (Å²) >= 11 is 1.52. The lowest BCUT2D eigenvalue weighted by Gasteiger charge is -2.06. The Bertz CT molecular complexity index is 792. The van der Waals surface area contributed by atoms with Crippen LogP contribution in [0.25, 0.3) is 6.08 Å². The van der Waals surface area contributed by atoms with Gasteiger partial charge in [-0.2, -0.15) is 0 Å². The first-order chi connectivity index (χ1) is 12.0. The first-order valence-corrected chi connectivity index (χ1v) is 8.24. The van der Waals surface area contributed by atoms with Gasteiger partial charge in [-0.25, -0.2) is 9.59 Å². The maximum Gasteiger partial charge on any atom is 0.337 e. The van der Waals surface area contributed by atoms with Crippen molar-refractivity contribution < 1.29 is 23.9 Å². The van der Waals surface area contributed by atoms with Crippen LogP contribution in [0.3, 0.4) is 0 Å². The van der Waals surface area contributed by atoms with E-state index in [0.29, 0.717) is 11.3 Å². The number of aryl methyl sites for hydroxylation is 1. The highest BCUT2D eigenvalue weighted by molar-refractivity contribution is 7.11. The molecule has 0 aliphatic carbocycles. The Hall–Kier alpha value is -2.93. The molecule has 0 saturated heterocycles. The van der Waals surface area contributed by atoms with E-state index >= 15 is 0 Å². The predicted octanol–water partition coefficient (Wildman–Crippen LogP) is 3.04. The van der Waals surface area contributed by atoms with Gasteiger partial charge in [-0.15, -0.1) is 11.3 Å². The van der Waals surface area contributed by atoms with E-state index in [4.69, 9.17) is 4.74 Å². The van der Waals surface area contributed by atoms with Crippen molar-refractivity contribution in [2.75, 3.05) is 19.0 Å². The van der Waals surface area contributed by atoms with Gasteiger partial charge in [-0.1, -0.05) is 0 Å². The third kappa shape index (κ3) is 5.58. The third-order valence-corrected chi connectivity index (χ3v) is 4.19. The molecule has 0 saturated carbocycles. The second-order valence-corrected chi connectivity index (χ2v) is 5.97. The molecule has 1 N–H and O–H groups in total. The molecule has 1 amide bonds.